The molecular weight excluding hydrogens is 302 g/mol. The average Bonchev–Trinajstić information content (AvgIpc) is 3.39. The Bertz CT molecular complexity index is 999. The molecule has 1 amide bonds. The lowest BCUT2D eigenvalue weighted by Crippen LogP contribution is -2.13. The van der Waals surface area contributed by atoms with Gasteiger partial charge in [0.2, 0.25) is 5.91 Å². The van der Waals surface area contributed by atoms with E-state index in [0.717, 1.165) is 34.9 Å². The lowest BCUT2D eigenvalue weighted by Gasteiger charge is -2.10. The molecule has 4 rings (SSSR count). The van der Waals surface area contributed by atoms with Crippen molar-refractivity contribution in [2.24, 2.45) is 5.92 Å². The number of hydrogen-bond donors (Lipinski definition) is 1. The summed E-state index contributed by atoms with van der Waals surface area (Å²) in [4.78, 5) is 23.9. The van der Waals surface area contributed by atoms with Crippen LogP contribution in [0.25, 0.3) is 22.1 Å². The third kappa shape index (κ3) is 2.71. The van der Waals surface area contributed by atoms with E-state index in [1.54, 1.807) is 6.07 Å². The molecule has 24 heavy (non-hydrogen) atoms. The standard InChI is InChI=1S/C20H17NO3/c1-12-4-2-3-5-15(12)17-11-19(22)24-18-10-14(8-9-16(17)18)21-20(23)13-6-7-13/h2-5,8-11,13H,6-7H2,1H3,(H,21,23). The molecule has 2 aromatic carbocycles. The van der Waals surface area contributed by atoms with Gasteiger partial charge in [-0.15, -0.1) is 0 Å². The third-order valence-corrected chi connectivity index (χ3v) is 4.40. The van der Waals surface area contributed by atoms with Crippen LogP contribution < -0.4 is 10.9 Å². The van der Waals surface area contributed by atoms with Gasteiger partial charge >= 0.3 is 5.63 Å². The van der Waals surface area contributed by atoms with Gasteiger partial charge in [0.15, 0.2) is 0 Å². The van der Waals surface area contributed by atoms with Crippen LogP contribution in [0.1, 0.15) is 18.4 Å². The van der Waals surface area contributed by atoms with Gasteiger partial charge in [0.05, 0.1) is 0 Å². The van der Waals surface area contributed by atoms with Crippen molar-refractivity contribution < 1.29 is 9.21 Å². The van der Waals surface area contributed by atoms with Crippen molar-refractivity contribution in [2.45, 2.75) is 19.8 Å². The van der Waals surface area contributed by atoms with Crippen LogP contribution in [0, 0.1) is 12.8 Å². The molecule has 0 aliphatic heterocycles. The molecule has 1 N–H and O–H groups in total. The van der Waals surface area contributed by atoms with Crippen LogP contribution in [0.15, 0.2) is 57.7 Å². The number of aryl methyl sites for hydroxylation is 1. The number of carbonyl (C=O) groups excluding carboxylic acids is 1. The van der Waals surface area contributed by atoms with Crippen LogP contribution in [0.4, 0.5) is 5.69 Å². The lowest BCUT2D eigenvalue weighted by atomic mass is 9.98. The Hall–Kier alpha value is -2.88. The van der Waals surface area contributed by atoms with Gasteiger partial charge in [-0.25, -0.2) is 4.79 Å². The predicted octanol–water partition coefficient (Wildman–Crippen LogP) is 4.12. The number of anilines is 1. The molecule has 1 aliphatic rings. The molecule has 1 aliphatic carbocycles. The maximum Gasteiger partial charge on any atom is 0.336 e. The predicted molar refractivity (Wildman–Crippen MR) is 94.0 cm³/mol. The molecule has 0 bridgehead atoms. The molecular formula is C20H17NO3. The second-order valence-electron chi connectivity index (χ2n) is 6.27. The average molecular weight is 319 g/mol. The van der Waals surface area contributed by atoms with Crippen molar-refractivity contribution in [1.29, 1.82) is 0 Å². The molecule has 1 fully saturated rings. The van der Waals surface area contributed by atoms with Crippen molar-refractivity contribution in [3.05, 3.63) is 64.5 Å². The first kappa shape index (κ1) is 14.7. The number of benzene rings is 2. The summed E-state index contributed by atoms with van der Waals surface area (Å²) in [5.41, 5.74) is 3.69. The normalized spacial score (nSPS) is 13.9. The summed E-state index contributed by atoms with van der Waals surface area (Å²) < 4.78 is 5.36. The monoisotopic (exact) mass is 319 g/mol. The second kappa shape index (κ2) is 5.64. The number of carbonyl (C=O) groups is 1. The highest BCUT2D eigenvalue weighted by molar-refractivity contribution is 5.99. The zero-order chi connectivity index (χ0) is 16.7. The Balaban J connectivity index is 1.82. The molecule has 0 saturated heterocycles. The van der Waals surface area contributed by atoms with E-state index in [1.807, 2.05) is 43.3 Å². The SMILES string of the molecule is Cc1ccccc1-c1cc(=O)oc2cc(NC(=O)C3CC3)ccc12. The van der Waals surface area contributed by atoms with Gasteiger partial charge in [0, 0.05) is 34.7 Å². The minimum absolute atomic E-state index is 0.0340. The molecule has 0 spiro atoms. The Labute approximate surface area is 139 Å². The fourth-order valence-corrected chi connectivity index (χ4v) is 2.93. The quantitative estimate of drug-likeness (QED) is 0.739. The maximum atomic E-state index is 12.0. The summed E-state index contributed by atoms with van der Waals surface area (Å²) in [6.45, 7) is 2.01. The minimum Gasteiger partial charge on any atom is -0.423 e. The van der Waals surface area contributed by atoms with Crippen molar-refractivity contribution in [3.63, 3.8) is 0 Å². The van der Waals surface area contributed by atoms with Crippen molar-refractivity contribution in [3.8, 4) is 11.1 Å². The van der Waals surface area contributed by atoms with Crippen molar-refractivity contribution >= 4 is 22.6 Å². The molecule has 0 atom stereocenters. The Kier molecular flexibility index (Phi) is 3.45. The van der Waals surface area contributed by atoms with Crippen LogP contribution >= 0.6 is 0 Å². The summed E-state index contributed by atoms with van der Waals surface area (Å²) >= 11 is 0. The van der Waals surface area contributed by atoms with E-state index in [4.69, 9.17) is 4.42 Å². The van der Waals surface area contributed by atoms with E-state index < -0.39 is 5.63 Å². The number of amides is 1. The first-order valence-corrected chi connectivity index (χ1v) is 8.06. The van der Waals surface area contributed by atoms with E-state index >= 15 is 0 Å². The number of rotatable bonds is 3. The molecule has 1 aromatic heterocycles. The fraction of sp³-hybridized carbons (Fsp3) is 0.200. The zero-order valence-electron chi connectivity index (χ0n) is 13.3. The summed E-state index contributed by atoms with van der Waals surface area (Å²) in [5, 5.41) is 3.74. The lowest BCUT2D eigenvalue weighted by molar-refractivity contribution is -0.117. The van der Waals surface area contributed by atoms with Gasteiger partial charge in [-0.1, -0.05) is 24.3 Å². The van der Waals surface area contributed by atoms with Gasteiger partial charge in [0.25, 0.3) is 0 Å². The van der Waals surface area contributed by atoms with Crippen molar-refractivity contribution in [2.75, 3.05) is 5.32 Å². The highest BCUT2D eigenvalue weighted by Gasteiger charge is 2.29. The molecule has 0 unspecified atom stereocenters. The van der Waals surface area contributed by atoms with Crippen molar-refractivity contribution in [1.82, 2.24) is 0 Å². The minimum atomic E-state index is -0.397. The maximum absolute atomic E-state index is 12.0. The van der Waals surface area contributed by atoms with Crippen LogP contribution in [0.3, 0.4) is 0 Å². The molecule has 120 valence electrons. The Morgan fingerprint density at radius 2 is 1.88 bits per heavy atom. The second-order valence-corrected chi connectivity index (χ2v) is 6.27. The highest BCUT2D eigenvalue weighted by atomic mass is 16.4. The highest BCUT2D eigenvalue weighted by Crippen LogP contribution is 2.33. The van der Waals surface area contributed by atoms with Gasteiger partial charge < -0.3 is 9.73 Å². The summed E-state index contributed by atoms with van der Waals surface area (Å²) in [6.07, 6.45) is 1.90. The van der Waals surface area contributed by atoms with Crippen LogP contribution in [0.2, 0.25) is 0 Å². The third-order valence-electron chi connectivity index (χ3n) is 4.40. The van der Waals surface area contributed by atoms with Gasteiger partial charge in [0.1, 0.15) is 5.58 Å². The molecule has 1 saturated carbocycles. The summed E-state index contributed by atoms with van der Waals surface area (Å²) in [7, 11) is 0. The number of fused-ring (bicyclic) bond motifs is 1. The zero-order valence-corrected chi connectivity index (χ0v) is 13.3. The van der Waals surface area contributed by atoms with Gasteiger partial charge in [-0.05, 0) is 43.0 Å². The molecule has 4 heteroatoms. The summed E-state index contributed by atoms with van der Waals surface area (Å²) in [6, 6.07) is 14.9. The molecule has 0 radical (unpaired) electrons. The van der Waals surface area contributed by atoms with Crippen LogP contribution in [-0.2, 0) is 4.79 Å². The molecule has 1 heterocycles. The number of hydrogen-bond acceptors (Lipinski definition) is 3. The summed E-state index contributed by atoms with van der Waals surface area (Å²) in [5.74, 6) is 0.165. The molecule has 3 aromatic rings. The first-order chi connectivity index (χ1) is 11.6. The molecule has 4 nitrogen and oxygen atoms in total. The van der Waals surface area contributed by atoms with Gasteiger partial charge in [-0.2, -0.15) is 0 Å². The Morgan fingerprint density at radius 1 is 1.08 bits per heavy atom. The van der Waals surface area contributed by atoms with E-state index in [0.29, 0.717) is 11.3 Å². The van der Waals surface area contributed by atoms with E-state index in [1.165, 1.54) is 6.07 Å². The van der Waals surface area contributed by atoms with Crippen LogP contribution in [-0.4, -0.2) is 5.91 Å². The largest absolute Gasteiger partial charge is 0.423 e. The van der Waals surface area contributed by atoms with E-state index in [9.17, 15) is 9.59 Å². The van der Waals surface area contributed by atoms with E-state index in [-0.39, 0.29) is 11.8 Å². The van der Waals surface area contributed by atoms with Gasteiger partial charge in [-0.3, -0.25) is 4.79 Å². The Morgan fingerprint density at radius 3 is 2.62 bits per heavy atom. The smallest absolute Gasteiger partial charge is 0.336 e. The first-order valence-electron chi connectivity index (χ1n) is 8.06. The number of nitrogens with one attached hydrogen (secondary N) is 1. The van der Waals surface area contributed by atoms with E-state index in [2.05, 4.69) is 5.32 Å². The van der Waals surface area contributed by atoms with Crippen LogP contribution in [0.5, 0.6) is 0 Å². The fourth-order valence-electron chi connectivity index (χ4n) is 2.93. The topological polar surface area (TPSA) is 59.3 Å².